The number of guanidine groups is 1. The van der Waals surface area contributed by atoms with Crippen LogP contribution in [0.25, 0.3) is 5.69 Å². The topological polar surface area (TPSA) is 95.3 Å². The average Bonchev–Trinajstić information content (AvgIpc) is 3.11. The van der Waals surface area contributed by atoms with Crippen LogP contribution in [-0.4, -0.2) is 41.3 Å². The molecule has 0 aliphatic carbocycles. The highest BCUT2D eigenvalue weighted by Crippen LogP contribution is 2.21. The quantitative estimate of drug-likeness (QED) is 0.204. The van der Waals surface area contributed by atoms with Crippen molar-refractivity contribution in [3.05, 3.63) is 77.0 Å². The number of aliphatic imine (C=N–C) groups is 1. The number of nitrogens with two attached hydrogens (primary N) is 1. The molecule has 0 amide bonds. The van der Waals surface area contributed by atoms with E-state index in [1.165, 1.54) is 11.1 Å². The SMILES string of the molecule is CN=C(NCCCc1nn(-c2ccccc2)c(N)c1C#N)N(C)Cc1ccc(C)cc1.I. The molecule has 1 heterocycles. The average molecular weight is 543 g/mol. The van der Waals surface area contributed by atoms with Gasteiger partial charge in [-0.25, -0.2) is 4.68 Å². The molecular weight excluding hydrogens is 513 g/mol. The minimum absolute atomic E-state index is 0. The first-order chi connectivity index (χ1) is 15.0. The van der Waals surface area contributed by atoms with Gasteiger partial charge in [0, 0.05) is 27.2 Å². The lowest BCUT2D eigenvalue weighted by Crippen LogP contribution is -2.39. The van der Waals surface area contributed by atoms with Crippen molar-refractivity contribution in [2.24, 2.45) is 4.99 Å². The van der Waals surface area contributed by atoms with E-state index in [-0.39, 0.29) is 24.0 Å². The van der Waals surface area contributed by atoms with Gasteiger partial charge in [-0.1, -0.05) is 48.0 Å². The maximum Gasteiger partial charge on any atom is 0.193 e. The molecule has 2 aromatic carbocycles. The zero-order valence-electron chi connectivity index (χ0n) is 18.7. The Kier molecular flexibility index (Phi) is 9.53. The molecular formula is C24H30IN7. The summed E-state index contributed by atoms with van der Waals surface area (Å²) in [4.78, 5) is 6.47. The molecule has 168 valence electrons. The molecule has 1 aromatic heterocycles. The molecule has 0 saturated heterocycles. The Morgan fingerprint density at radius 1 is 1.19 bits per heavy atom. The number of aryl methyl sites for hydroxylation is 2. The van der Waals surface area contributed by atoms with Gasteiger partial charge < -0.3 is 16.0 Å². The lowest BCUT2D eigenvalue weighted by atomic mass is 10.1. The summed E-state index contributed by atoms with van der Waals surface area (Å²) in [5, 5.41) is 17.5. The fraction of sp³-hybridized carbons (Fsp3) is 0.292. The van der Waals surface area contributed by atoms with E-state index >= 15 is 0 Å². The van der Waals surface area contributed by atoms with Crippen LogP contribution in [0.15, 0.2) is 59.6 Å². The van der Waals surface area contributed by atoms with Crippen LogP contribution >= 0.6 is 24.0 Å². The van der Waals surface area contributed by atoms with Crippen LogP contribution in [-0.2, 0) is 13.0 Å². The first kappa shape index (κ1) is 25.2. The van der Waals surface area contributed by atoms with E-state index in [0.29, 0.717) is 30.0 Å². The number of rotatable bonds is 7. The zero-order chi connectivity index (χ0) is 22.2. The number of hydrogen-bond acceptors (Lipinski definition) is 4. The van der Waals surface area contributed by atoms with Gasteiger partial charge >= 0.3 is 0 Å². The lowest BCUT2D eigenvalue weighted by Gasteiger charge is -2.22. The smallest absolute Gasteiger partial charge is 0.193 e. The minimum atomic E-state index is 0. The Hall–Kier alpha value is -3.06. The molecule has 0 bridgehead atoms. The van der Waals surface area contributed by atoms with Crippen LogP contribution < -0.4 is 11.1 Å². The Labute approximate surface area is 207 Å². The molecule has 0 saturated carbocycles. The fourth-order valence-corrected chi connectivity index (χ4v) is 3.42. The minimum Gasteiger partial charge on any atom is -0.382 e. The first-order valence-corrected chi connectivity index (χ1v) is 10.3. The van der Waals surface area contributed by atoms with Gasteiger partial charge in [-0.3, -0.25) is 4.99 Å². The van der Waals surface area contributed by atoms with Crippen LogP contribution in [0.2, 0.25) is 0 Å². The number of anilines is 1. The van der Waals surface area contributed by atoms with Gasteiger partial charge in [0.2, 0.25) is 0 Å². The third-order valence-corrected chi connectivity index (χ3v) is 5.09. The second-order valence-corrected chi connectivity index (χ2v) is 7.49. The Bertz CT molecular complexity index is 1070. The molecule has 7 nitrogen and oxygen atoms in total. The summed E-state index contributed by atoms with van der Waals surface area (Å²) < 4.78 is 1.63. The van der Waals surface area contributed by atoms with E-state index < -0.39 is 0 Å². The van der Waals surface area contributed by atoms with Gasteiger partial charge in [0.15, 0.2) is 5.96 Å². The second kappa shape index (κ2) is 12.1. The van der Waals surface area contributed by atoms with Crippen LogP contribution in [0.3, 0.4) is 0 Å². The Morgan fingerprint density at radius 2 is 1.88 bits per heavy atom. The second-order valence-electron chi connectivity index (χ2n) is 7.49. The fourth-order valence-electron chi connectivity index (χ4n) is 3.42. The maximum atomic E-state index is 9.55. The lowest BCUT2D eigenvalue weighted by molar-refractivity contribution is 0.475. The molecule has 0 unspecified atom stereocenters. The summed E-state index contributed by atoms with van der Waals surface area (Å²) >= 11 is 0. The molecule has 0 aliphatic rings. The van der Waals surface area contributed by atoms with Gasteiger partial charge in [-0.15, -0.1) is 24.0 Å². The van der Waals surface area contributed by atoms with Gasteiger partial charge in [-0.05, 0) is 37.5 Å². The van der Waals surface area contributed by atoms with Crippen molar-refractivity contribution in [2.45, 2.75) is 26.3 Å². The predicted molar refractivity (Wildman–Crippen MR) is 140 cm³/mol. The monoisotopic (exact) mass is 543 g/mol. The first-order valence-electron chi connectivity index (χ1n) is 10.3. The molecule has 3 aromatic rings. The van der Waals surface area contributed by atoms with Crippen molar-refractivity contribution in [1.29, 1.82) is 5.26 Å². The molecule has 0 atom stereocenters. The third-order valence-electron chi connectivity index (χ3n) is 5.09. The van der Waals surface area contributed by atoms with Crippen molar-refractivity contribution in [1.82, 2.24) is 20.0 Å². The number of nitrogens with one attached hydrogen (secondary N) is 1. The number of hydrogen-bond donors (Lipinski definition) is 2. The normalized spacial score (nSPS) is 10.9. The number of benzene rings is 2. The molecule has 3 rings (SSSR count). The summed E-state index contributed by atoms with van der Waals surface area (Å²) in [7, 11) is 3.80. The number of para-hydroxylation sites is 1. The summed E-state index contributed by atoms with van der Waals surface area (Å²) in [6.07, 6.45) is 1.45. The van der Waals surface area contributed by atoms with Gasteiger partial charge in [0.05, 0.1) is 11.4 Å². The molecule has 3 N–H and O–H groups in total. The summed E-state index contributed by atoms with van der Waals surface area (Å²) in [5.41, 5.74) is 10.7. The molecule has 0 radical (unpaired) electrons. The Morgan fingerprint density at radius 3 is 2.50 bits per heavy atom. The summed E-state index contributed by atoms with van der Waals surface area (Å²) in [6.45, 7) is 3.58. The predicted octanol–water partition coefficient (Wildman–Crippen LogP) is 3.89. The summed E-state index contributed by atoms with van der Waals surface area (Å²) in [5.74, 6) is 1.21. The largest absolute Gasteiger partial charge is 0.382 e. The number of aromatic nitrogens is 2. The van der Waals surface area contributed by atoms with Gasteiger partial charge in [-0.2, -0.15) is 10.4 Å². The molecule has 32 heavy (non-hydrogen) atoms. The van der Waals surface area contributed by atoms with Crippen LogP contribution in [0, 0.1) is 18.3 Å². The van der Waals surface area contributed by atoms with Crippen LogP contribution in [0.1, 0.15) is 28.8 Å². The highest BCUT2D eigenvalue weighted by molar-refractivity contribution is 14.0. The van der Waals surface area contributed by atoms with Crippen LogP contribution in [0.4, 0.5) is 5.82 Å². The van der Waals surface area contributed by atoms with Crippen molar-refractivity contribution in [3.63, 3.8) is 0 Å². The number of nitrogens with zero attached hydrogens (tertiary/aromatic N) is 5. The Balaban J connectivity index is 0.00000363. The van der Waals surface area contributed by atoms with Gasteiger partial charge in [0.25, 0.3) is 0 Å². The molecule has 0 aliphatic heterocycles. The number of nitrogen functional groups attached to an aromatic ring is 1. The van der Waals surface area contributed by atoms with Crippen molar-refractivity contribution in [3.8, 4) is 11.8 Å². The van der Waals surface area contributed by atoms with Crippen molar-refractivity contribution >= 4 is 35.8 Å². The third kappa shape index (κ3) is 6.23. The molecule has 8 heteroatoms. The van der Waals surface area contributed by atoms with E-state index in [1.54, 1.807) is 11.7 Å². The van der Waals surface area contributed by atoms with Crippen LogP contribution in [0.5, 0.6) is 0 Å². The van der Waals surface area contributed by atoms with E-state index in [4.69, 9.17) is 5.73 Å². The standard InChI is InChI=1S/C24H29N7.HI/c1-18-11-13-19(14-12-18)17-30(3)24(27-2)28-15-7-10-22-21(16-25)23(26)31(29-22)20-8-5-4-6-9-20;/h4-6,8-9,11-14H,7,10,15,17,26H2,1-3H3,(H,27,28);1H. The number of halogens is 1. The van der Waals surface area contributed by atoms with E-state index in [1.807, 2.05) is 37.4 Å². The maximum absolute atomic E-state index is 9.55. The van der Waals surface area contributed by atoms with E-state index in [9.17, 15) is 5.26 Å². The van der Waals surface area contributed by atoms with E-state index in [0.717, 1.165) is 24.6 Å². The zero-order valence-corrected chi connectivity index (χ0v) is 21.1. The summed E-state index contributed by atoms with van der Waals surface area (Å²) in [6, 6.07) is 20.3. The molecule has 0 fully saturated rings. The van der Waals surface area contributed by atoms with Crippen molar-refractivity contribution in [2.75, 3.05) is 26.4 Å². The van der Waals surface area contributed by atoms with E-state index in [2.05, 4.69) is 57.6 Å². The highest BCUT2D eigenvalue weighted by atomic mass is 127. The van der Waals surface area contributed by atoms with Gasteiger partial charge in [0.1, 0.15) is 17.5 Å². The number of nitriles is 1. The van der Waals surface area contributed by atoms with Crippen molar-refractivity contribution < 1.29 is 0 Å². The molecule has 0 spiro atoms. The highest BCUT2D eigenvalue weighted by Gasteiger charge is 2.16.